The largest absolute Gasteiger partial charge is 0.366 e. The summed E-state index contributed by atoms with van der Waals surface area (Å²) in [5.74, 6) is 0.399. The molecule has 0 aliphatic heterocycles. The number of nitrogens with zero attached hydrogens (tertiary/aromatic N) is 3. The highest BCUT2D eigenvalue weighted by molar-refractivity contribution is 6.07. The molecule has 0 spiro atoms. The van der Waals surface area contributed by atoms with Crippen molar-refractivity contribution in [1.82, 2.24) is 15.6 Å². The molecule has 0 unspecified atom stereocenters. The third-order valence-electron chi connectivity index (χ3n) is 4.52. The van der Waals surface area contributed by atoms with Gasteiger partial charge < -0.3 is 16.4 Å². The van der Waals surface area contributed by atoms with E-state index in [2.05, 4.69) is 70.4 Å². The van der Waals surface area contributed by atoms with E-state index in [4.69, 9.17) is 5.73 Å². The van der Waals surface area contributed by atoms with E-state index in [1.807, 2.05) is 7.05 Å². The van der Waals surface area contributed by atoms with E-state index in [-0.39, 0.29) is 11.6 Å². The summed E-state index contributed by atoms with van der Waals surface area (Å²) in [4.78, 5) is 24.4. The van der Waals surface area contributed by atoms with Crippen LogP contribution in [0, 0.1) is 0 Å². The Hall–Kier alpha value is -3.06. The molecule has 2 aromatic rings. The number of carbonyl (C=O) groups excluding carboxylic acids is 1. The summed E-state index contributed by atoms with van der Waals surface area (Å²) in [6.45, 7) is 8.57. The number of primary amides is 1. The van der Waals surface area contributed by atoms with Gasteiger partial charge in [0.25, 0.3) is 5.91 Å². The van der Waals surface area contributed by atoms with Crippen LogP contribution in [0.1, 0.15) is 53.0 Å². The predicted molar refractivity (Wildman–Crippen MR) is 115 cm³/mol. The van der Waals surface area contributed by atoms with E-state index in [0.29, 0.717) is 29.7 Å². The summed E-state index contributed by atoms with van der Waals surface area (Å²) < 4.78 is 0. The van der Waals surface area contributed by atoms with Crippen LogP contribution in [-0.2, 0) is 0 Å². The normalized spacial score (nSPS) is 12.7. The molecule has 0 radical (unpaired) electrons. The minimum Gasteiger partial charge on any atom is -0.366 e. The van der Waals surface area contributed by atoms with Gasteiger partial charge in [-0.05, 0) is 36.9 Å². The number of likely N-dealkylation sites (N-methyl/N-ethyl adjacent to an activating group) is 1. The van der Waals surface area contributed by atoms with Crippen molar-refractivity contribution in [2.45, 2.75) is 25.8 Å². The van der Waals surface area contributed by atoms with Crippen molar-refractivity contribution in [1.29, 1.82) is 0 Å². The van der Waals surface area contributed by atoms with Crippen molar-refractivity contribution in [3.05, 3.63) is 58.9 Å². The molecule has 0 fully saturated rings. The fourth-order valence-electron chi connectivity index (χ4n) is 2.96. The van der Waals surface area contributed by atoms with Crippen molar-refractivity contribution >= 4 is 24.1 Å². The van der Waals surface area contributed by atoms with Gasteiger partial charge in [-0.25, -0.2) is 0 Å². The first-order chi connectivity index (χ1) is 13.4. The molecular formula is C21H28N6O. The number of amides is 1. The number of aliphatic imine (C=N–C) groups is 2. The highest BCUT2D eigenvalue weighted by Gasteiger charge is 2.20. The minimum absolute atomic E-state index is 0.0541. The van der Waals surface area contributed by atoms with Crippen molar-refractivity contribution in [2.75, 3.05) is 20.6 Å². The molecule has 148 valence electrons. The van der Waals surface area contributed by atoms with Gasteiger partial charge in [-0.2, -0.15) is 0 Å². The maximum atomic E-state index is 11.7. The molecule has 1 heterocycles. The SMILES string of the molecule is C=Nc1c(C(N)=O)ccnc1/C(=N\C)N[C@H](CNC)c1ccc(C(C)C)cc1. The molecular weight excluding hydrogens is 352 g/mol. The van der Waals surface area contributed by atoms with Crippen LogP contribution >= 0.6 is 0 Å². The lowest BCUT2D eigenvalue weighted by molar-refractivity contribution is 0.100. The van der Waals surface area contributed by atoms with Gasteiger partial charge in [-0.1, -0.05) is 38.1 Å². The van der Waals surface area contributed by atoms with Gasteiger partial charge in [0, 0.05) is 19.8 Å². The Morgan fingerprint density at radius 3 is 2.36 bits per heavy atom. The Balaban J connectivity index is 2.39. The van der Waals surface area contributed by atoms with Crippen molar-refractivity contribution in [2.24, 2.45) is 15.7 Å². The first-order valence-corrected chi connectivity index (χ1v) is 9.16. The third-order valence-corrected chi connectivity index (χ3v) is 4.52. The zero-order valence-electron chi connectivity index (χ0n) is 16.9. The van der Waals surface area contributed by atoms with Crippen LogP contribution in [0.25, 0.3) is 0 Å². The number of pyridine rings is 1. The van der Waals surface area contributed by atoms with Gasteiger partial charge >= 0.3 is 0 Å². The Morgan fingerprint density at radius 2 is 1.86 bits per heavy atom. The monoisotopic (exact) mass is 380 g/mol. The standard InChI is InChI=1S/C21H28N6O/c1-13(2)14-6-8-15(9-7-14)17(12-23-3)27-21(25-5)19-18(24-4)16(20(22)28)10-11-26-19/h6-11,13,17,23H,4,12H2,1-3,5H3,(H2,22,28)(H,25,27)/t17-/m1/s1. The van der Waals surface area contributed by atoms with E-state index >= 15 is 0 Å². The van der Waals surface area contributed by atoms with Gasteiger partial charge in [0.1, 0.15) is 17.2 Å². The Morgan fingerprint density at radius 1 is 1.21 bits per heavy atom. The molecule has 0 saturated carbocycles. The molecule has 0 bridgehead atoms. The first-order valence-electron chi connectivity index (χ1n) is 9.16. The number of amidine groups is 1. The second kappa shape index (κ2) is 9.75. The van der Waals surface area contributed by atoms with Gasteiger partial charge in [0.05, 0.1) is 11.6 Å². The van der Waals surface area contributed by atoms with Crippen LogP contribution in [0.4, 0.5) is 5.69 Å². The number of hydrogen-bond acceptors (Lipinski definition) is 5. The average molecular weight is 380 g/mol. The lowest BCUT2D eigenvalue weighted by Crippen LogP contribution is -2.35. The molecule has 1 aromatic carbocycles. The zero-order valence-corrected chi connectivity index (χ0v) is 16.9. The molecule has 1 amide bonds. The molecule has 0 saturated heterocycles. The van der Waals surface area contributed by atoms with Crippen LogP contribution in [-0.4, -0.2) is 44.1 Å². The van der Waals surface area contributed by atoms with E-state index in [1.165, 1.54) is 17.8 Å². The fraction of sp³-hybridized carbons (Fsp3) is 0.333. The Kier molecular flexibility index (Phi) is 7.40. The summed E-state index contributed by atoms with van der Waals surface area (Å²) in [6, 6.07) is 9.96. The summed E-state index contributed by atoms with van der Waals surface area (Å²) >= 11 is 0. The lowest BCUT2D eigenvalue weighted by Gasteiger charge is -2.22. The molecule has 0 aliphatic carbocycles. The lowest BCUT2D eigenvalue weighted by atomic mass is 9.99. The smallest absolute Gasteiger partial charge is 0.251 e. The summed E-state index contributed by atoms with van der Waals surface area (Å²) in [7, 11) is 3.55. The van der Waals surface area contributed by atoms with Gasteiger partial charge in [-0.3, -0.25) is 19.8 Å². The number of carbonyl (C=O) groups is 1. The second-order valence-electron chi connectivity index (χ2n) is 6.73. The van der Waals surface area contributed by atoms with E-state index in [0.717, 1.165) is 5.56 Å². The third kappa shape index (κ3) is 4.80. The summed E-state index contributed by atoms with van der Waals surface area (Å²) in [6.07, 6.45) is 1.52. The maximum absolute atomic E-state index is 11.7. The Labute approximate surface area is 166 Å². The average Bonchev–Trinajstić information content (AvgIpc) is 2.70. The number of benzene rings is 1. The first kappa shape index (κ1) is 21.2. The molecule has 0 aliphatic rings. The molecule has 2 rings (SSSR count). The molecule has 7 heteroatoms. The number of nitrogens with one attached hydrogen (secondary N) is 2. The van der Waals surface area contributed by atoms with Gasteiger partial charge in [0.15, 0.2) is 0 Å². The number of nitrogens with two attached hydrogens (primary N) is 1. The van der Waals surface area contributed by atoms with Crippen LogP contribution in [0.2, 0.25) is 0 Å². The highest BCUT2D eigenvalue weighted by Crippen LogP contribution is 2.24. The maximum Gasteiger partial charge on any atom is 0.251 e. The molecule has 28 heavy (non-hydrogen) atoms. The van der Waals surface area contributed by atoms with Gasteiger partial charge in [-0.15, -0.1) is 0 Å². The van der Waals surface area contributed by atoms with Crippen molar-refractivity contribution in [3.63, 3.8) is 0 Å². The number of hydrogen-bond donors (Lipinski definition) is 3. The van der Waals surface area contributed by atoms with Crippen LogP contribution in [0.3, 0.4) is 0 Å². The molecule has 1 atom stereocenters. The number of rotatable bonds is 8. The summed E-state index contributed by atoms with van der Waals surface area (Å²) in [5.41, 5.74) is 8.87. The van der Waals surface area contributed by atoms with Crippen molar-refractivity contribution in [3.8, 4) is 0 Å². The fourth-order valence-corrected chi connectivity index (χ4v) is 2.96. The Bertz CT molecular complexity index is 858. The van der Waals surface area contributed by atoms with Crippen LogP contribution in [0.5, 0.6) is 0 Å². The van der Waals surface area contributed by atoms with E-state index in [9.17, 15) is 4.79 Å². The van der Waals surface area contributed by atoms with E-state index < -0.39 is 5.91 Å². The van der Waals surface area contributed by atoms with Gasteiger partial charge in [0.2, 0.25) is 0 Å². The number of aromatic nitrogens is 1. The molecule has 1 aromatic heterocycles. The quantitative estimate of drug-likeness (QED) is 0.483. The zero-order chi connectivity index (χ0) is 20.7. The van der Waals surface area contributed by atoms with E-state index in [1.54, 1.807) is 7.05 Å². The molecule has 7 nitrogen and oxygen atoms in total. The van der Waals surface area contributed by atoms with Crippen molar-refractivity contribution < 1.29 is 4.79 Å². The van der Waals surface area contributed by atoms with Crippen LogP contribution < -0.4 is 16.4 Å². The minimum atomic E-state index is -0.586. The van der Waals surface area contributed by atoms with Crippen LogP contribution in [0.15, 0.2) is 46.5 Å². The summed E-state index contributed by atoms with van der Waals surface area (Å²) in [5, 5.41) is 6.61. The molecule has 4 N–H and O–H groups in total. The predicted octanol–water partition coefficient (Wildman–Crippen LogP) is 2.56. The second-order valence-corrected chi connectivity index (χ2v) is 6.73. The highest BCUT2D eigenvalue weighted by atomic mass is 16.1. The topological polar surface area (TPSA) is 105 Å².